The van der Waals surface area contributed by atoms with Crippen LogP contribution in [0.2, 0.25) is 0 Å². The Bertz CT molecular complexity index is 942. The van der Waals surface area contributed by atoms with Gasteiger partial charge in [-0.15, -0.1) is 0 Å². The standard InChI is InChI=1S/C19H18N2O7/c1-11-9-13(3-5-15(11)21(24)25)19(23)28-12(2)18(22)20-14-4-6-16-17(10-14)27-8-7-26-16/h3-6,9-10,12H,7-8H2,1-2H3,(H,20,22). The molecule has 0 fully saturated rings. The van der Waals surface area contributed by atoms with E-state index in [9.17, 15) is 19.7 Å². The molecule has 0 saturated carbocycles. The van der Waals surface area contributed by atoms with Gasteiger partial charge in [0.15, 0.2) is 17.6 Å². The van der Waals surface area contributed by atoms with Crippen LogP contribution in [0.5, 0.6) is 11.5 Å². The molecule has 3 rings (SSSR count). The molecule has 1 aliphatic heterocycles. The summed E-state index contributed by atoms with van der Waals surface area (Å²) in [4.78, 5) is 34.9. The minimum atomic E-state index is -1.07. The number of nitro groups is 1. The van der Waals surface area contributed by atoms with Crippen LogP contribution in [0.1, 0.15) is 22.8 Å². The number of benzene rings is 2. The SMILES string of the molecule is Cc1cc(C(=O)OC(C)C(=O)Nc2ccc3c(c2)OCCO3)ccc1[N+](=O)[O-]. The minimum Gasteiger partial charge on any atom is -0.486 e. The summed E-state index contributed by atoms with van der Waals surface area (Å²) in [7, 11) is 0. The van der Waals surface area contributed by atoms with Crippen molar-refractivity contribution in [1.29, 1.82) is 0 Å². The first-order chi connectivity index (χ1) is 13.3. The van der Waals surface area contributed by atoms with E-state index in [-0.39, 0.29) is 11.3 Å². The molecule has 0 saturated heterocycles. The predicted molar refractivity (Wildman–Crippen MR) is 98.8 cm³/mol. The molecule has 0 bridgehead atoms. The van der Waals surface area contributed by atoms with E-state index >= 15 is 0 Å². The number of aryl methyl sites for hydroxylation is 1. The summed E-state index contributed by atoms with van der Waals surface area (Å²) in [6, 6.07) is 8.83. The lowest BCUT2D eigenvalue weighted by Crippen LogP contribution is -2.30. The highest BCUT2D eigenvalue weighted by Gasteiger charge is 2.21. The molecule has 0 radical (unpaired) electrons. The van der Waals surface area contributed by atoms with E-state index in [0.717, 1.165) is 0 Å². The zero-order valence-electron chi connectivity index (χ0n) is 15.3. The molecular weight excluding hydrogens is 368 g/mol. The number of hydrogen-bond donors (Lipinski definition) is 1. The minimum absolute atomic E-state index is 0.0963. The Balaban J connectivity index is 1.63. The van der Waals surface area contributed by atoms with Gasteiger partial charge in [0.2, 0.25) is 0 Å². The Kier molecular flexibility index (Phi) is 5.44. The zero-order chi connectivity index (χ0) is 20.3. The van der Waals surface area contributed by atoms with Crippen LogP contribution in [-0.4, -0.2) is 36.1 Å². The summed E-state index contributed by atoms with van der Waals surface area (Å²) in [6.07, 6.45) is -1.07. The van der Waals surface area contributed by atoms with E-state index in [4.69, 9.17) is 14.2 Å². The maximum atomic E-state index is 12.3. The van der Waals surface area contributed by atoms with Gasteiger partial charge in [-0.2, -0.15) is 0 Å². The van der Waals surface area contributed by atoms with Crippen LogP contribution in [0, 0.1) is 17.0 Å². The molecule has 2 aromatic carbocycles. The molecule has 9 heteroatoms. The molecule has 1 unspecified atom stereocenters. The van der Waals surface area contributed by atoms with Crippen molar-refractivity contribution >= 4 is 23.3 Å². The van der Waals surface area contributed by atoms with E-state index < -0.39 is 22.9 Å². The number of nitrogens with zero attached hydrogens (tertiary/aromatic N) is 1. The fourth-order valence-electron chi connectivity index (χ4n) is 2.63. The first-order valence-corrected chi connectivity index (χ1v) is 8.51. The summed E-state index contributed by atoms with van der Waals surface area (Å²) in [5, 5.41) is 13.5. The van der Waals surface area contributed by atoms with Crippen molar-refractivity contribution in [2.45, 2.75) is 20.0 Å². The fraction of sp³-hybridized carbons (Fsp3) is 0.263. The van der Waals surface area contributed by atoms with Gasteiger partial charge in [0, 0.05) is 23.4 Å². The van der Waals surface area contributed by atoms with Gasteiger partial charge in [0.1, 0.15) is 13.2 Å². The first-order valence-electron chi connectivity index (χ1n) is 8.51. The highest BCUT2D eigenvalue weighted by molar-refractivity contribution is 5.97. The van der Waals surface area contributed by atoms with Gasteiger partial charge >= 0.3 is 5.97 Å². The van der Waals surface area contributed by atoms with Crippen molar-refractivity contribution < 1.29 is 28.7 Å². The number of esters is 1. The number of ether oxygens (including phenoxy) is 3. The average molecular weight is 386 g/mol. The quantitative estimate of drug-likeness (QED) is 0.477. The first kappa shape index (κ1) is 19.2. The van der Waals surface area contributed by atoms with Gasteiger partial charge in [0.25, 0.3) is 11.6 Å². The molecular formula is C19H18N2O7. The third-order valence-electron chi connectivity index (χ3n) is 4.09. The Morgan fingerprint density at radius 3 is 2.54 bits per heavy atom. The predicted octanol–water partition coefficient (Wildman–Crippen LogP) is 2.86. The van der Waals surface area contributed by atoms with Crippen molar-refractivity contribution in [3.05, 3.63) is 57.6 Å². The van der Waals surface area contributed by atoms with Crippen LogP contribution < -0.4 is 14.8 Å². The fourth-order valence-corrected chi connectivity index (χ4v) is 2.63. The number of rotatable bonds is 5. The second-order valence-electron chi connectivity index (χ2n) is 6.15. The van der Waals surface area contributed by atoms with E-state index in [0.29, 0.717) is 36.0 Å². The third-order valence-corrected chi connectivity index (χ3v) is 4.09. The lowest BCUT2D eigenvalue weighted by Gasteiger charge is -2.19. The highest BCUT2D eigenvalue weighted by atomic mass is 16.6. The van der Waals surface area contributed by atoms with Crippen LogP contribution in [0.4, 0.5) is 11.4 Å². The van der Waals surface area contributed by atoms with Crippen LogP contribution in [0.15, 0.2) is 36.4 Å². The maximum Gasteiger partial charge on any atom is 0.338 e. The van der Waals surface area contributed by atoms with Crippen molar-refractivity contribution in [3.8, 4) is 11.5 Å². The Hall–Kier alpha value is -3.62. The Morgan fingerprint density at radius 2 is 1.86 bits per heavy atom. The van der Waals surface area contributed by atoms with E-state index in [1.807, 2.05) is 0 Å². The summed E-state index contributed by atoms with van der Waals surface area (Å²) in [6.45, 7) is 3.84. The molecule has 1 heterocycles. The normalized spacial score (nSPS) is 13.4. The van der Waals surface area contributed by atoms with E-state index in [1.165, 1.54) is 32.0 Å². The number of carbonyl (C=O) groups is 2. The number of carbonyl (C=O) groups excluding carboxylic acids is 2. The van der Waals surface area contributed by atoms with Gasteiger partial charge in [-0.25, -0.2) is 4.79 Å². The number of nitro benzene ring substituents is 1. The van der Waals surface area contributed by atoms with Crippen LogP contribution >= 0.6 is 0 Å². The van der Waals surface area contributed by atoms with Crippen molar-refractivity contribution in [2.24, 2.45) is 0 Å². The number of nitrogens with one attached hydrogen (secondary N) is 1. The summed E-state index contributed by atoms with van der Waals surface area (Å²) >= 11 is 0. The smallest absolute Gasteiger partial charge is 0.338 e. The highest BCUT2D eigenvalue weighted by Crippen LogP contribution is 2.32. The maximum absolute atomic E-state index is 12.3. The monoisotopic (exact) mass is 386 g/mol. The van der Waals surface area contributed by atoms with Crippen LogP contribution in [0.25, 0.3) is 0 Å². The van der Waals surface area contributed by atoms with Gasteiger partial charge < -0.3 is 19.5 Å². The van der Waals surface area contributed by atoms with E-state index in [1.54, 1.807) is 18.2 Å². The number of fused-ring (bicyclic) bond motifs is 1. The van der Waals surface area contributed by atoms with Gasteiger partial charge in [-0.3, -0.25) is 14.9 Å². The average Bonchev–Trinajstić information content (AvgIpc) is 2.67. The largest absolute Gasteiger partial charge is 0.486 e. The van der Waals surface area contributed by atoms with Crippen molar-refractivity contribution in [3.63, 3.8) is 0 Å². The van der Waals surface area contributed by atoms with Crippen LogP contribution in [-0.2, 0) is 9.53 Å². The molecule has 0 aromatic heterocycles. The molecule has 9 nitrogen and oxygen atoms in total. The zero-order valence-corrected chi connectivity index (χ0v) is 15.3. The van der Waals surface area contributed by atoms with Crippen molar-refractivity contribution in [1.82, 2.24) is 0 Å². The Morgan fingerprint density at radius 1 is 1.14 bits per heavy atom. The summed E-state index contributed by atoms with van der Waals surface area (Å²) in [5.74, 6) is -0.154. The lowest BCUT2D eigenvalue weighted by atomic mass is 10.1. The van der Waals surface area contributed by atoms with Crippen LogP contribution in [0.3, 0.4) is 0 Å². The molecule has 1 N–H and O–H groups in total. The summed E-state index contributed by atoms with van der Waals surface area (Å²) < 4.78 is 16.0. The molecule has 2 aromatic rings. The number of amides is 1. The lowest BCUT2D eigenvalue weighted by molar-refractivity contribution is -0.385. The molecule has 28 heavy (non-hydrogen) atoms. The molecule has 1 atom stereocenters. The van der Waals surface area contributed by atoms with Gasteiger partial charge in [-0.05, 0) is 38.1 Å². The molecule has 1 amide bonds. The molecule has 146 valence electrons. The Labute approximate surface area is 160 Å². The molecule has 0 aliphatic carbocycles. The van der Waals surface area contributed by atoms with E-state index in [2.05, 4.69) is 5.32 Å². The summed E-state index contributed by atoms with van der Waals surface area (Å²) in [5.41, 5.74) is 0.833. The topological polar surface area (TPSA) is 117 Å². The van der Waals surface area contributed by atoms with Gasteiger partial charge in [0.05, 0.1) is 10.5 Å². The molecule has 0 spiro atoms. The van der Waals surface area contributed by atoms with Gasteiger partial charge in [-0.1, -0.05) is 0 Å². The second kappa shape index (κ2) is 7.95. The van der Waals surface area contributed by atoms with Crippen molar-refractivity contribution in [2.75, 3.05) is 18.5 Å². The number of anilines is 1. The number of hydrogen-bond acceptors (Lipinski definition) is 7. The third kappa shape index (κ3) is 4.20. The second-order valence-corrected chi connectivity index (χ2v) is 6.15. The molecule has 1 aliphatic rings.